The SMILES string of the molecule is [2H]C([2H])(O)[C@@H]1CCCO1. The van der Waals surface area contributed by atoms with E-state index in [2.05, 4.69) is 0 Å². The van der Waals surface area contributed by atoms with Gasteiger partial charge in [0.05, 0.1) is 15.4 Å². The molecule has 0 amide bonds. The zero-order chi connectivity index (χ0) is 6.91. The van der Waals surface area contributed by atoms with Crippen LogP contribution in [0.1, 0.15) is 15.6 Å². The van der Waals surface area contributed by atoms with E-state index in [0.29, 0.717) is 13.0 Å². The first-order valence-electron chi connectivity index (χ1n) is 3.44. The van der Waals surface area contributed by atoms with Crippen molar-refractivity contribution in [1.29, 1.82) is 0 Å². The van der Waals surface area contributed by atoms with E-state index >= 15 is 0 Å². The van der Waals surface area contributed by atoms with Crippen LogP contribution in [0.3, 0.4) is 0 Å². The Morgan fingerprint density at radius 2 is 2.86 bits per heavy atom. The van der Waals surface area contributed by atoms with Crippen LogP contribution < -0.4 is 0 Å². The third kappa shape index (κ3) is 1.14. The summed E-state index contributed by atoms with van der Waals surface area (Å²) in [5.74, 6) is 0. The molecule has 0 aliphatic carbocycles. The molecule has 1 fully saturated rings. The quantitative estimate of drug-likeness (QED) is 0.513. The van der Waals surface area contributed by atoms with Crippen LogP contribution in [0.25, 0.3) is 0 Å². The lowest BCUT2D eigenvalue weighted by Crippen LogP contribution is -2.09. The van der Waals surface area contributed by atoms with Gasteiger partial charge in [0, 0.05) is 6.61 Å². The monoisotopic (exact) mass is 104 g/mol. The van der Waals surface area contributed by atoms with Crippen LogP contribution in [0.4, 0.5) is 0 Å². The van der Waals surface area contributed by atoms with E-state index in [9.17, 15) is 0 Å². The summed E-state index contributed by atoms with van der Waals surface area (Å²) in [6, 6.07) is 0. The fourth-order valence-electron chi connectivity index (χ4n) is 0.679. The molecule has 0 radical (unpaired) electrons. The fraction of sp³-hybridized carbons (Fsp3) is 1.00. The van der Waals surface area contributed by atoms with E-state index in [0.717, 1.165) is 6.42 Å². The maximum Gasteiger partial charge on any atom is 0.0806 e. The molecule has 1 aliphatic heterocycles. The largest absolute Gasteiger partial charge is 0.394 e. The van der Waals surface area contributed by atoms with Gasteiger partial charge < -0.3 is 9.84 Å². The molecule has 1 heterocycles. The Hall–Kier alpha value is -0.0800. The smallest absolute Gasteiger partial charge is 0.0806 e. The Morgan fingerprint density at radius 1 is 2.00 bits per heavy atom. The van der Waals surface area contributed by atoms with Gasteiger partial charge in [-0.05, 0) is 12.8 Å². The second-order valence-corrected chi connectivity index (χ2v) is 1.63. The highest BCUT2D eigenvalue weighted by Crippen LogP contribution is 2.09. The van der Waals surface area contributed by atoms with Gasteiger partial charge in [0.15, 0.2) is 0 Å². The van der Waals surface area contributed by atoms with Gasteiger partial charge in [0.25, 0.3) is 0 Å². The molecule has 0 unspecified atom stereocenters. The number of rotatable bonds is 1. The molecule has 0 aromatic rings. The Kier molecular flexibility index (Phi) is 0.995. The minimum atomic E-state index is -2.14. The van der Waals surface area contributed by atoms with Crippen LogP contribution in [0.15, 0.2) is 0 Å². The van der Waals surface area contributed by atoms with Crippen LogP contribution in [-0.4, -0.2) is 24.4 Å². The van der Waals surface area contributed by atoms with Gasteiger partial charge in [-0.1, -0.05) is 0 Å². The molecule has 2 nitrogen and oxygen atoms in total. The van der Waals surface area contributed by atoms with Gasteiger partial charge >= 0.3 is 0 Å². The minimum absolute atomic E-state index is 0.574. The van der Waals surface area contributed by atoms with Gasteiger partial charge in [-0.25, -0.2) is 0 Å². The zero-order valence-electron chi connectivity index (χ0n) is 6.05. The van der Waals surface area contributed by atoms with Crippen molar-refractivity contribution in [2.24, 2.45) is 0 Å². The molecule has 0 bridgehead atoms. The lowest BCUT2D eigenvalue weighted by molar-refractivity contribution is 0.0591. The molecule has 1 N–H and O–H groups in total. The van der Waals surface area contributed by atoms with Gasteiger partial charge in [-0.2, -0.15) is 0 Å². The zero-order valence-corrected chi connectivity index (χ0v) is 4.05. The molecule has 0 aromatic carbocycles. The second-order valence-electron chi connectivity index (χ2n) is 1.63. The molecule has 0 saturated carbocycles. The lowest BCUT2D eigenvalue weighted by Gasteiger charge is -2.00. The summed E-state index contributed by atoms with van der Waals surface area (Å²) in [6.07, 6.45) is 0.881. The van der Waals surface area contributed by atoms with Gasteiger partial charge in [0.1, 0.15) is 0 Å². The lowest BCUT2D eigenvalue weighted by atomic mass is 10.2. The van der Waals surface area contributed by atoms with Crippen LogP contribution in [0, 0.1) is 0 Å². The van der Waals surface area contributed by atoms with E-state index in [-0.39, 0.29) is 0 Å². The van der Waals surface area contributed by atoms with Crippen molar-refractivity contribution < 1.29 is 12.6 Å². The summed E-state index contributed by atoms with van der Waals surface area (Å²) in [4.78, 5) is 0. The van der Waals surface area contributed by atoms with Crippen molar-refractivity contribution in [1.82, 2.24) is 0 Å². The summed E-state index contributed by atoms with van der Waals surface area (Å²) in [5, 5.41) is 8.73. The first-order chi connectivity index (χ1) is 4.11. The highest BCUT2D eigenvalue weighted by Gasteiger charge is 2.12. The van der Waals surface area contributed by atoms with Crippen LogP contribution in [-0.2, 0) is 4.74 Å². The van der Waals surface area contributed by atoms with Crippen LogP contribution >= 0.6 is 0 Å². The minimum Gasteiger partial charge on any atom is -0.394 e. The summed E-state index contributed by atoms with van der Waals surface area (Å²) < 4.78 is 18.5. The third-order valence-corrected chi connectivity index (χ3v) is 1.07. The van der Waals surface area contributed by atoms with E-state index in [1.54, 1.807) is 0 Å². The first-order valence-corrected chi connectivity index (χ1v) is 2.44. The van der Waals surface area contributed by atoms with E-state index < -0.39 is 12.7 Å². The van der Waals surface area contributed by atoms with Crippen molar-refractivity contribution in [2.45, 2.75) is 18.9 Å². The maximum atomic E-state index is 8.73. The van der Waals surface area contributed by atoms with E-state index in [1.807, 2.05) is 0 Å². The van der Waals surface area contributed by atoms with Crippen molar-refractivity contribution in [3.8, 4) is 0 Å². The van der Waals surface area contributed by atoms with Crippen LogP contribution in [0.5, 0.6) is 0 Å². The van der Waals surface area contributed by atoms with Gasteiger partial charge in [0.2, 0.25) is 0 Å². The van der Waals surface area contributed by atoms with Crippen molar-refractivity contribution in [3.05, 3.63) is 0 Å². The fourth-order valence-corrected chi connectivity index (χ4v) is 0.679. The molecule has 1 aliphatic rings. The molecule has 1 saturated heterocycles. The Morgan fingerprint density at radius 3 is 3.14 bits per heavy atom. The highest BCUT2D eigenvalue weighted by atomic mass is 16.5. The topological polar surface area (TPSA) is 29.5 Å². The summed E-state index contributed by atoms with van der Waals surface area (Å²) >= 11 is 0. The van der Waals surface area contributed by atoms with Crippen molar-refractivity contribution in [3.63, 3.8) is 0 Å². The average Bonchev–Trinajstić information content (AvgIpc) is 2.08. The first kappa shape index (κ1) is 3.05. The summed E-state index contributed by atoms with van der Waals surface area (Å²) in [5.41, 5.74) is 0. The summed E-state index contributed by atoms with van der Waals surface area (Å²) in [7, 11) is 0. The van der Waals surface area contributed by atoms with E-state index in [1.165, 1.54) is 0 Å². The Bertz CT molecular complexity index is 93.6. The van der Waals surface area contributed by atoms with Crippen LogP contribution in [0.2, 0.25) is 0 Å². The Labute approximate surface area is 45.9 Å². The molecule has 1 atom stereocenters. The molecule has 0 spiro atoms. The third-order valence-electron chi connectivity index (χ3n) is 1.07. The molecule has 0 aromatic heterocycles. The molecule has 1 rings (SSSR count). The maximum absolute atomic E-state index is 8.73. The average molecular weight is 104 g/mol. The molecule has 7 heavy (non-hydrogen) atoms. The number of aliphatic hydroxyl groups is 1. The number of hydrogen-bond donors (Lipinski definition) is 1. The Balaban J connectivity index is 2.42. The van der Waals surface area contributed by atoms with Crippen molar-refractivity contribution >= 4 is 0 Å². The predicted molar refractivity (Wildman–Crippen MR) is 26.1 cm³/mol. The predicted octanol–water partition coefficient (Wildman–Crippen LogP) is 0.158. The molecular weight excluding hydrogens is 92.1 g/mol. The highest BCUT2D eigenvalue weighted by molar-refractivity contribution is 4.61. The summed E-state index contributed by atoms with van der Waals surface area (Å²) in [6.45, 7) is -1.57. The molecular formula is C5H10O2. The van der Waals surface area contributed by atoms with Crippen molar-refractivity contribution in [2.75, 3.05) is 13.2 Å². The number of ether oxygens (including phenoxy) is 1. The van der Waals surface area contributed by atoms with Gasteiger partial charge in [-0.3, -0.25) is 0 Å². The van der Waals surface area contributed by atoms with Gasteiger partial charge in [-0.15, -0.1) is 0 Å². The normalized spacial score (nSPS) is 37.6. The standard InChI is InChI=1S/C5H10O2/c6-4-5-2-1-3-7-5/h5-6H,1-4H2/t5-/m0/s1/i4D2. The molecule has 2 heteroatoms. The second kappa shape index (κ2) is 2.28. The number of hydrogen-bond acceptors (Lipinski definition) is 2. The molecule has 42 valence electrons. The van der Waals surface area contributed by atoms with E-state index in [4.69, 9.17) is 12.6 Å².